The van der Waals surface area contributed by atoms with Crippen LogP contribution in [0.2, 0.25) is 0 Å². The number of hydrogen-bond acceptors (Lipinski definition) is 5. The summed E-state index contributed by atoms with van der Waals surface area (Å²) in [5.41, 5.74) is 0. The summed E-state index contributed by atoms with van der Waals surface area (Å²) >= 11 is 0. The fourth-order valence-corrected chi connectivity index (χ4v) is 2.87. The molecule has 0 spiro atoms. The predicted molar refractivity (Wildman–Crippen MR) is 124 cm³/mol. The van der Waals surface area contributed by atoms with Gasteiger partial charge in [0.1, 0.15) is 6.10 Å². The molecule has 0 aliphatic carbocycles. The van der Waals surface area contributed by atoms with Gasteiger partial charge in [-0.3, -0.25) is 4.79 Å². The Balaban J connectivity index is 2.37. The van der Waals surface area contributed by atoms with Crippen molar-refractivity contribution in [1.29, 1.82) is 0 Å². The Morgan fingerprint density at radius 3 is 2.65 bits per heavy atom. The zero-order valence-electron chi connectivity index (χ0n) is 19.1. The Morgan fingerprint density at radius 2 is 1.90 bits per heavy atom. The summed E-state index contributed by atoms with van der Waals surface area (Å²) in [7, 11) is 1.37. The highest BCUT2D eigenvalue weighted by Crippen LogP contribution is 2.30. The van der Waals surface area contributed by atoms with Gasteiger partial charge < -0.3 is 19.3 Å². The van der Waals surface area contributed by atoms with Crippen LogP contribution in [0.15, 0.2) is 60.8 Å². The van der Waals surface area contributed by atoms with Crippen LogP contribution in [0.25, 0.3) is 0 Å². The predicted octanol–water partition coefficient (Wildman–Crippen LogP) is 4.80. The van der Waals surface area contributed by atoms with E-state index in [4.69, 9.17) is 9.47 Å². The first-order chi connectivity index (χ1) is 14.9. The molecule has 170 valence electrons. The summed E-state index contributed by atoms with van der Waals surface area (Å²) in [4.78, 5) is 11.0. The monoisotopic (exact) mass is 428 g/mol. The van der Waals surface area contributed by atoms with E-state index >= 15 is 0 Å². The number of carbonyl (C=O) groups excluding carboxylic acids is 1. The van der Waals surface area contributed by atoms with Crippen molar-refractivity contribution in [1.82, 2.24) is 0 Å². The molecule has 1 N–H and O–H groups in total. The van der Waals surface area contributed by atoms with Gasteiger partial charge in [-0.2, -0.15) is 0 Å². The van der Waals surface area contributed by atoms with Crippen LogP contribution in [0.3, 0.4) is 0 Å². The van der Waals surface area contributed by atoms with Crippen LogP contribution in [0.4, 0.5) is 0 Å². The second-order valence-electron chi connectivity index (χ2n) is 7.54. The fraction of sp³-hybridized carbons (Fsp3) is 0.500. The number of ether oxygens (including phenoxy) is 3. The largest absolute Gasteiger partial charge is 0.469 e. The zero-order chi connectivity index (χ0) is 23.0. The molecule has 1 fully saturated rings. The lowest BCUT2D eigenvalue weighted by atomic mass is 10.1. The Bertz CT molecular complexity index is 731. The van der Waals surface area contributed by atoms with Gasteiger partial charge in [0.2, 0.25) is 0 Å². The molecule has 0 aromatic rings. The molecule has 5 heteroatoms. The molecular formula is C26H36O5. The summed E-state index contributed by atoms with van der Waals surface area (Å²) in [6.45, 7) is 5.97. The number of allylic oxidation sites excluding steroid dienone is 6. The molecule has 1 saturated heterocycles. The Morgan fingerprint density at radius 1 is 1.13 bits per heavy atom. The van der Waals surface area contributed by atoms with E-state index in [1.807, 2.05) is 44.2 Å². The maximum atomic E-state index is 11.0. The normalized spacial score (nSPS) is 22.1. The molecule has 0 amide bonds. The van der Waals surface area contributed by atoms with Crippen LogP contribution in [0, 0.1) is 11.8 Å². The van der Waals surface area contributed by atoms with Gasteiger partial charge in [-0.25, -0.2) is 0 Å². The van der Waals surface area contributed by atoms with Crippen LogP contribution in [-0.4, -0.2) is 42.3 Å². The Kier molecular flexibility index (Phi) is 13.3. The van der Waals surface area contributed by atoms with Crippen molar-refractivity contribution in [2.24, 2.45) is 0 Å². The van der Waals surface area contributed by atoms with Gasteiger partial charge in [-0.15, -0.1) is 0 Å². The Labute approximate surface area is 187 Å². The molecule has 0 bridgehead atoms. The molecule has 0 saturated carbocycles. The van der Waals surface area contributed by atoms with Gasteiger partial charge in [0.15, 0.2) is 5.79 Å². The summed E-state index contributed by atoms with van der Waals surface area (Å²) in [6.07, 6.45) is 21.3. The van der Waals surface area contributed by atoms with Gasteiger partial charge in [0, 0.05) is 6.42 Å². The smallest absolute Gasteiger partial charge is 0.305 e. The molecule has 0 aromatic carbocycles. The lowest BCUT2D eigenvalue weighted by molar-refractivity contribution is -0.142. The highest BCUT2D eigenvalue weighted by molar-refractivity contribution is 5.69. The van der Waals surface area contributed by atoms with E-state index < -0.39 is 11.9 Å². The van der Waals surface area contributed by atoms with Crippen LogP contribution in [0.1, 0.15) is 52.9 Å². The molecule has 0 unspecified atom stereocenters. The standard InChI is InChI=1S/C26H36O5/c1-5-6-12-19-23-24(31-26(2,3)30-23)20-15-10-8-7-9-13-17-22(27)18-14-11-16-21-25(28)29-4/h6,8,10-15,17,20,22-24,27H,5,16,18-19,21H2,1-4H3/b10-8+,12-6-,14-11-,17-13+,20-15+/t22-,23+,24-/m1/s1. The summed E-state index contributed by atoms with van der Waals surface area (Å²) < 4.78 is 16.5. The summed E-state index contributed by atoms with van der Waals surface area (Å²) in [5.74, 6) is 4.95. The zero-order valence-corrected chi connectivity index (χ0v) is 19.1. The van der Waals surface area contributed by atoms with Crippen LogP contribution >= 0.6 is 0 Å². The van der Waals surface area contributed by atoms with Gasteiger partial charge >= 0.3 is 5.97 Å². The third-order valence-corrected chi connectivity index (χ3v) is 4.36. The maximum absolute atomic E-state index is 11.0. The van der Waals surface area contributed by atoms with Gasteiger partial charge in [-0.05, 0) is 57.8 Å². The fourth-order valence-electron chi connectivity index (χ4n) is 2.87. The van der Waals surface area contributed by atoms with Crippen molar-refractivity contribution in [3.05, 3.63) is 60.8 Å². The van der Waals surface area contributed by atoms with Gasteiger partial charge in [0.05, 0.1) is 19.3 Å². The lowest BCUT2D eigenvalue weighted by Gasteiger charge is -2.16. The molecule has 0 radical (unpaired) electrons. The minimum atomic E-state index is -0.603. The highest BCUT2D eigenvalue weighted by Gasteiger charge is 2.38. The molecule has 0 aromatic heterocycles. The number of aliphatic hydroxyl groups excluding tert-OH is 1. The van der Waals surface area contributed by atoms with Crippen molar-refractivity contribution in [2.45, 2.75) is 77.0 Å². The molecule has 31 heavy (non-hydrogen) atoms. The van der Waals surface area contributed by atoms with E-state index in [2.05, 4.69) is 35.7 Å². The van der Waals surface area contributed by atoms with Crippen LogP contribution in [0.5, 0.6) is 0 Å². The van der Waals surface area contributed by atoms with E-state index in [0.717, 1.165) is 12.8 Å². The van der Waals surface area contributed by atoms with Crippen LogP contribution < -0.4 is 0 Å². The quantitative estimate of drug-likeness (QED) is 0.222. The highest BCUT2D eigenvalue weighted by atomic mass is 16.7. The molecular weight excluding hydrogens is 392 g/mol. The molecule has 1 aliphatic heterocycles. The van der Waals surface area contributed by atoms with E-state index in [9.17, 15) is 9.90 Å². The average molecular weight is 429 g/mol. The summed E-state index contributed by atoms with van der Waals surface area (Å²) in [5, 5.41) is 9.85. The first kappa shape index (κ1) is 26.6. The number of esters is 1. The first-order valence-electron chi connectivity index (χ1n) is 10.8. The van der Waals surface area contributed by atoms with Crippen molar-refractivity contribution in [2.75, 3.05) is 7.11 Å². The molecule has 1 aliphatic rings. The van der Waals surface area contributed by atoms with E-state index in [1.165, 1.54) is 7.11 Å². The number of methoxy groups -OCH3 is 1. The summed E-state index contributed by atoms with van der Waals surface area (Å²) in [6, 6.07) is 0. The van der Waals surface area contributed by atoms with Gasteiger partial charge in [-0.1, -0.05) is 61.3 Å². The third-order valence-electron chi connectivity index (χ3n) is 4.36. The second-order valence-corrected chi connectivity index (χ2v) is 7.54. The molecule has 3 atom stereocenters. The lowest BCUT2D eigenvalue weighted by Crippen LogP contribution is -2.21. The SMILES string of the molecule is CC/C=C\C[C@@H]1OC(C)(C)O[C@@H]1/C=C/C=C/C#C/C=C/[C@@H](O)C/C=C\CCC(=O)OC. The topological polar surface area (TPSA) is 65.0 Å². The molecule has 1 rings (SSSR count). The maximum Gasteiger partial charge on any atom is 0.305 e. The molecule has 1 heterocycles. The second kappa shape index (κ2) is 15.4. The van der Waals surface area contributed by atoms with E-state index in [1.54, 1.807) is 18.2 Å². The van der Waals surface area contributed by atoms with Crippen molar-refractivity contribution in [3.8, 4) is 11.8 Å². The number of hydrogen-bond donors (Lipinski definition) is 1. The minimum absolute atomic E-state index is 0.00692. The molecule has 5 nitrogen and oxygen atoms in total. The third kappa shape index (κ3) is 12.8. The minimum Gasteiger partial charge on any atom is -0.469 e. The Hall–Kier alpha value is -2.39. The van der Waals surface area contributed by atoms with Crippen molar-refractivity contribution >= 4 is 5.97 Å². The number of rotatable bonds is 11. The van der Waals surface area contributed by atoms with E-state index in [0.29, 0.717) is 19.3 Å². The average Bonchev–Trinajstić information content (AvgIpc) is 3.03. The first-order valence-corrected chi connectivity index (χ1v) is 10.8. The van der Waals surface area contributed by atoms with Crippen LogP contribution in [-0.2, 0) is 19.0 Å². The number of aliphatic hydroxyl groups is 1. The number of carbonyl (C=O) groups is 1. The van der Waals surface area contributed by atoms with E-state index in [-0.39, 0.29) is 18.2 Å². The van der Waals surface area contributed by atoms with Gasteiger partial charge in [0.25, 0.3) is 0 Å². The van der Waals surface area contributed by atoms with Crippen molar-refractivity contribution in [3.63, 3.8) is 0 Å². The van der Waals surface area contributed by atoms with Crippen molar-refractivity contribution < 1.29 is 24.1 Å².